The number of aromatic nitrogens is 1. The summed E-state index contributed by atoms with van der Waals surface area (Å²) in [6.45, 7) is 8.00. The standard InChI is InChI=1S/C15H27N3O2/c1-3-6-16-10-14-9-15(20-17-14)11-18-7-4-13(5-8-18)12-19-2/h9,13,16H,3-8,10-12H2,1-2H3. The average molecular weight is 281 g/mol. The maximum absolute atomic E-state index is 5.42. The first kappa shape index (κ1) is 15.5. The van der Waals surface area contributed by atoms with E-state index in [1.165, 1.54) is 12.8 Å². The van der Waals surface area contributed by atoms with Crippen molar-refractivity contribution >= 4 is 0 Å². The Labute approximate surface area is 121 Å². The normalized spacial score (nSPS) is 17.7. The Kier molecular flexibility index (Phi) is 6.50. The molecule has 1 aromatic rings. The van der Waals surface area contributed by atoms with E-state index in [9.17, 15) is 0 Å². The molecule has 0 radical (unpaired) electrons. The molecule has 1 aliphatic heterocycles. The van der Waals surface area contributed by atoms with Gasteiger partial charge in [-0.1, -0.05) is 12.1 Å². The third-order valence-electron chi connectivity index (χ3n) is 3.83. The van der Waals surface area contributed by atoms with Gasteiger partial charge in [0.1, 0.15) is 0 Å². The van der Waals surface area contributed by atoms with Crippen molar-refractivity contribution in [3.63, 3.8) is 0 Å². The molecule has 1 aromatic heterocycles. The molecule has 0 atom stereocenters. The van der Waals surface area contributed by atoms with Gasteiger partial charge in [0, 0.05) is 26.3 Å². The summed E-state index contributed by atoms with van der Waals surface area (Å²) in [4.78, 5) is 2.44. The summed E-state index contributed by atoms with van der Waals surface area (Å²) in [5.41, 5.74) is 1.00. The van der Waals surface area contributed by atoms with Crippen LogP contribution in [0.4, 0.5) is 0 Å². The van der Waals surface area contributed by atoms with Gasteiger partial charge in [-0.05, 0) is 44.8 Å². The lowest BCUT2D eigenvalue weighted by atomic mass is 9.98. The summed E-state index contributed by atoms with van der Waals surface area (Å²) >= 11 is 0. The lowest BCUT2D eigenvalue weighted by Crippen LogP contribution is -2.34. The van der Waals surface area contributed by atoms with E-state index in [4.69, 9.17) is 9.26 Å². The van der Waals surface area contributed by atoms with Crippen LogP contribution < -0.4 is 5.32 Å². The van der Waals surface area contributed by atoms with Crippen LogP contribution in [0.15, 0.2) is 10.6 Å². The smallest absolute Gasteiger partial charge is 0.151 e. The van der Waals surface area contributed by atoms with Gasteiger partial charge in [0.15, 0.2) is 5.76 Å². The first-order chi connectivity index (χ1) is 9.81. The van der Waals surface area contributed by atoms with E-state index in [1.807, 2.05) is 0 Å². The molecule has 5 heteroatoms. The number of hydrogen-bond acceptors (Lipinski definition) is 5. The molecule has 0 amide bonds. The van der Waals surface area contributed by atoms with Gasteiger partial charge in [0.2, 0.25) is 0 Å². The quantitative estimate of drug-likeness (QED) is 0.739. The second-order valence-electron chi connectivity index (χ2n) is 5.64. The van der Waals surface area contributed by atoms with E-state index in [1.54, 1.807) is 7.11 Å². The maximum atomic E-state index is 5.42. The molecule has 5 nitrogen and oxygen atoms in total. The predicted octanol–water partition coefficient (Wildman–Crippen LogP) is 2.03. The van der Waals surface area contributed by atoms with Crippen molar-refractivity contribution in [1.29, 1.82) is 0 Å². The van der Waals surface area contributed by atoms with Crippen molar-refractivity contribution in [1.82, 2.24) is 15.4 Å². The van der Waals surface area contributed by atoms with Crippen LogP contribution in [0.5, 0.6) is 0 Å². The number of nitrogens with one attached hydrogen (secondary N) is 1. The molecule has 0 aliphatic carbocycles. The largest absolute Gasteiger partial charge is 0.384 e. The molecule has 0 aromatic carbocycles. The summed E-state index contributed by atoms with van der Waals surface area (Å²) in [5, 5.41) is 7.45. The van der Waals surface area contributed by atoms with Gasteiger partial charge in [-0.25, -0.2) is 0 Å². The third-order valence-corrected chi connectivity index (χ3v) is 3.83. The van der Waals surface area contributed by atoms with Crippen molar-refractivity contribution in [2.75, 3.05) is 33.4 Å². The summed E-state index contributed by atoms with van der Waals surface area (Å²) in [6, 6.07) is 2.07. The van der Waals surface area contributed by atoms with Crippen molar-refractivity contribution < 1.29 is 9.26 Å². The molecular weight excluding hydrogens is 254 g/mol. The van der Waals surface area contributed by atoms with Gasteiger partial charge in [0.05, 0.1) is 12.2 Å². The highest BCUT2D eigenvalue weighted by Crippen LogP contribution is 2.19. The zero-order chi connectivity index (χ0) is 14.2. The number of likely N-dealkylation sites (tertiary alicyclic amines) is 1. The number of hydrogen-bond donors (Lipinski definition) is 1. The molecule has 1 saturated heterocycles. The highest BCUT2D eigenvalue weighted by molar-refractivity contribution is 5.05. The number of ether oxygens (including phenoxy) is 1. The molecule has 1 aliphatic rings. The van der Waals surface area contributed by atoms with E-state index >= 15 is 0 Å². The van der Waals surface area contributed by atoms with Crippen molar-refractivity contribution in [3.05, 3.63) is 17.5 Å². The summed E-state index contributed by atoms with van der Waals surface area (Å²) < 4.78 is 10.6. The zero-order valence-corrected chi connectivity index (χ0v) is 12.7. The lowest BCUT2D eigenvalue weighted by Gasteiger charge is -2.30. The maximum Gasteiger partial charge on any atom is 0.151 e. The molecule has 114 valence electrons. The van der Waals surface area contributed by atoms with Crippen LogP contribution in [-0.4, -0.2) is 43.4 Å². The van der Waals surface area contributed by atoms with Gasteiger partial charge in [-0.15, -0.1) is 0 Å². The van der Waals surface area contributed by atoms with Gasteiger partial charge in [-0.3, -0.25) is 4.90 Å². The summed E-state index contributed by atoms with van der Waals surface area (Å²) in [6.07, 6.45) is 3.57. The predicted molar refractivity (Wildman–Crippen MR) is 78.4 cm³/mol. The zero-order valence-electron chi connectivity index (χ0n) is 12.7. The van der Waals surface area contributed by atoms with E-state index < -0.39 is 0 Å². The molecule has 0 spiro atoms. The minimum atomic E-state index is 0.722. The Bertz CT molecular complexity index is 373. The summed E-state index contributed by atoms with van der Waals surface area (Å²) in [5.74, 6) is 1.70. The molecule has 2 rings (SSSR count). The van der Waals surface area contributed by atoms with Crippen LogP contribution in [0, 0.1) is 5.92 Å². The topological polar surface area (TPSA) is 50.5 Å². The van der Waals surface area contributed by atoms with E-state index in [0.717, 1.165) is 63.1 Å². The molecule has 20 heavy (non-hydrogen) atoms. The fraction of sp³-hybridized carbons (Fsp3) is 0.800. The van der Waals surface area contributed by atoms with E-state index in [2.05, 4.69) is 28.4 Å². The van der Waals surface area contributed by atoms with Crippen LogP contribution in [0.3, 0.4) is 0 Å². The van der Waals surface area contributed by atoms with Crippen LogP contribution in [0.1, 0.15) is 37.6 Å². The van der Waals surface area contributed by atoms with E-state index in [-0.39, 0.29) is 0 Å². The number of rotatable bonds is 8. The molecule has 0 unspecified atom stereocenters. The first-order valence-electron chi connectivity index (χ1n) is 7.68. The average Bonchev–Trinajstić information content (AvgIpc) is 2.89. The Morgan fingerprint density at radius 3 is 2.95 bits per heavy atom. The Morgan fingerprint density at radius 2 is 2.25 bits per heavy atom. The SMILES string of the molecule is CCCNCc1cc(CN2CCC(COC)CC2)on1. The van der Waals surface area contributed by atoms with Crippen LogP contribution in [0.25, 0.3) is 0 Å². The number of piperidine rings is 1. The van der Waals surface area contributed by atoms with Crippen molar-refractivity contribution in [2.45, 2.75) is 39.3 Å². The van der Waals surface area contributed by atoms with Crippen LogP contribution in [-0.2, 0) is 17.8 Å². The van der Waals surface area contributed by atoms with E-state index in [0.29, 0.717) is 0 Å². The summed E-state index contributed by atoms with van der Waals surface area (Å²) in [7, 11) is 1.79. The second-order valence-corrected chi connectivity index (χ2v) is 5.64. The van der Waals surface area contributed by atoms with Crippen molar-refractivity contribution in [3.8, 4) is 0 Å². The minimum Gasteiger partial charge on any atom is -0.384 e. The third kappa shape index (κ3) is 4.89. The molecule has 1 fully saturated rings. The fourth-order valence-corrected chi connectivity index (χ4v) is 2.67. The molecule has 0 bridgehead atoms. The van der Waals surface area contributed by atoms with Gasteiger partial charge < -0.3 is 14.6 Å². The van der Waals surface area contributed by atoms with Crippen molar-refractivity contribution in [2.24, 2.45) is 5.92 Å². The number of methoxy groups -OCH3 is 1. The highest BCUT2D eigenvalue weighted by Gasteiger charge is 2.20. The van der Waals surface area contributed by atoms with Gasteiger partial charge in [-0.2, -0.15) is 0 Å². The highest BCUT2D eigenvalue weighted by atomic mass is 16.5. The monoisotopic (exact) mass is 281 g/mol. The van der Waals surface area contributed by atoms with Gasteiger partial charge >= 0.3 is 0 Å². The molecule has 2 heterocycles. The van der Waals surface area contributed by atoms with Crippen LogP contribution >= 0.6 is 0 Å². The van der Waals surface area contributed by atoms with Gasteiger partial charge in [0.25, 0.3) is 0 Å². The molecule has 0 saturated carbocycles. The fourth-order valence-electron chi connectivity index (χ4n) is 2.67. The van der Waals surface area contributed by atoms with Crippen LogP contribution in [0.2, 0.25) is 0 Å². The Hall–Kier alpha value is -0.910. The Balaban J connectivity index is 1.71. The second kappa shape index (κ2) is 8.39. The minimum absolute atomic E-state index is 0.722. The Morgan fingerprint density at radius 1 is 1.45 bits per heavy atom. The first-order valence-corrected chi connectivity index (χ1v) is 7.68. The molecule has 1 N–H and O–H groups in total. The molecular formula is C15H27N3O2. The lowest BCUT2D eigenvalue weighted by molar-refractivity contribution is 0.0928. The number of nitrogens with zero attached hydrogens (tertiary/aromatic N) is 2.